The summed E-state index contributed by atoms with van der Waals surface area (Å²) in [6.07, 6.45) is 1.95. The molecule has 0 radical (unpaired) electrons. The first kappa shape index (κ1) is 21.8. The molecule has 0 saturated carbocycles. The number of rotatable bonds is 15. The highest BCUT2D eigenvalue weighted by Gasteiger charge is 2.30. The van der Waals surface area contributed by atoms with Crippen molar-refractivity contribution in [3.8, 4) is 0 Å². The van der Waals surface area contributed by atoms with Gasteiger partial charge in [0, 0.05) is 20.3 Å². The van der Waals surface area contributed by atoms with Crippen LogP contribution in [-0.2, 0) is 14.2 Å². The second-order valence-corrected chi connectivity index (χ2v) is 6.51. The summed E-state index contributed by atoms with van der Waals surface area (Å²) in [5.41, 5.74) is -0.467. The van der Waals surface area contributed by atoms with E-state index in [1.54, 1.807) is 7.11 Å². The number of hydrogen-bond acceptors (Lipinski definition) is 6. The fourth-order valence-electron chi connectivity index (χ4n) is 2.11. The Hall–Kier alpha value is -0.240. The van der Waals surface area contributed by atoms with Crippen LogP contribution in [0.1, 0.15) is 12.8 Å². The average Bonchev–Trinajstić information content (AvgIpc) is 2.45. The van der Waals surface area contributed by atoms with E-state index in [0.717, 1.165) is 25.9 Å². The van der Waals surface area contributed by atoms with Crippen molar-refractivity contribution in [2.75, 3.05) is 88.0 Å². The Morgan fingerprint density at radius 1 is 0.818 bits per heavy atom. The van der Waals surface area contributed by atoms with Gasteiger partial charge in [0.2, 0.25) is 0 Å². The zero-order valence-electron chi connectivity index (χ0n) is 15.1. The third-order valence-corrected chi connectivity index (χ3v) is 3.39. The minimum atomic E-state index is -0.467. The number of hydrogen-bond donors (Lipinski definition) is 1. The molecule has 0 spiro atoms. The summed E-state index contributed by atoms with van der Waals surface area (Å²) in [7, 11) is 9.83. The van der Waals surface area contributed by atoms with Gasteiger partial charge < -0.3 is 29.1 Å². The third kappa shape index (κ3) is 11.3. The number of nitrogens with zero attached hydrogens (tertiary/aromatic N) is 2. The minimum Gasteiger partial charge on any atom is -0.396 e. The Balaban J connectivity index is 4.05. The fourth-order valence-corrected chi connectivity index (χ4v) is 2.11. The lowest BCUT2D eigenvalue weighted by Gasteiger charge is -2.30. The molecule has 0 aromatic rings. The molecule has 0 unspecified atom stereocenters. The molecule has 0 heterocycles. The SMILES string of the molecule is COCC(CO)(COCCCN(C)C)COCCCN(C)C. The predicted molar refractivity (Wildman–Crippen MR) is 89.4 cm³/mol. The first-order chi connectivity index (χ1) is 10.5. The van der Waals surface area contributed by atoms with Crippen LogP contribution in [0.2, 0.25) is 0 Å². The monoisotopic (exact) mass is 320 g/mol. The topological polar surface area (TPSA) is 54.4 Å². The Morgan fingerprint density at radius 3 is 1.59 bits per heavy atom. The number of methoxy groups -OCH3 is 1. The van der Waals surface area contributed by atoms with Crippen LogP contribution in [0.3, 0.4) is 0 Å². The molecule has 0 aliphatic carbocycles. The van der Waals surface area contributed by atoms with Crippen LogP contribution in [0.5, 0.6) is 0 Å². The summed E-state index contributed by atoms with van der Waals surface area (Å²) in [6, 6.07) is 0. The minimum absolute atomic E-state index is 0.00218. The van der Waals surface area contributed by atoms with E-state index in [2.05, 4.69) is 9.80 Å². The molecular formula is C16H36N2O4. The van der Waals surface area contributed by atoms with Crippen LogP contribution < -0.4 is 0 Å². The molecule has 0 rings (SSSR count). The molecule has 0 saturated heterocycles. The molecule has 1 N–H and O–H groups in total. The second kappa shape index (κ2) is 13.2. The normalized spacial score (nSPS) is 12.5. The maximum Gasteiger partial charge on any atom is 0.0635 e. The van der Waals surface area contributed by atoms with Crippen LogP contribution >= 0.6 is 0 Å². The lowest BCUT2D eigenvalue weighted by atomic mass is 9.92. The second-order valence-electron chi connectivity index (χ2n) is 6.51. The predicted octanol–water partition coefficient (Wildman–Crippen LogP) is 0.548. The van der Waals surface area contributed by atoms with Gasteiger partial charge in [-0.3, -0.25) is 0 Å². The van der Waals surface area contributed by atoms with Gasteiger partial charge in [-0.2, -0.15) is 0 Å². The molecule has 22 heavy (non-hydrogen) atoms. The maximum atomic E-state index is 9.74. The van der Waals surface area contributed by atoms with Crippen molar-refractivity contribution >= 4 is 0 Å². The highest BCUT2D eigenvalue weighted by atomic mass is 16.5. The highest BCUT2D eigenvalue weighted by Crippen LogP contribution is 2.19. The van der Waals surface area contributed by atoms with Crippen molar-refractivity contribution in [2.45, 2.75) is 12.8 Å². The van der Waals surface area contributed by atoms with Crippen LogP contribution in [0, 0.1) is 5.41 Å². The summed E-state index contributed by atoms with van der Waals surface area (Å²) < 4.78 is 16.7. The Morgan fingerprint density at radius 2 is 1.27 bits per heavy atom. The van der Waals surface area contributed by atoms with Gasteiger partial charge in [-0.1, -0.05) is 0 Å². The highest BCUT2D eigenvalue weighted by molar-refractivity contribution is 4.78. The average molecular weight is 320 g/mol. The zero-order chi connectivity index (χ0) is 16.8. The molecule has 6 nitrogen and oxygen atoms in total. The summed E-state index contributed by atoms with van der Waals surface area (Å²) in [6.45, 7) is 4.72. The molecule has 0 aliphatic rings. The molecule has 0 aromatic heterocycles. The van der Waals surface area contributed by atoms with Crippen molar-refractivity contribution in [2.24, 2.45) is 5.41 Å². The van der Waals surface area contributed by atoms with Crippen molar-refractivity contribution in [3.63, 3.8) is 0 Å². The molecule has 0 aliphatic heterocycles. The zero-order valence-corrected chi connectivity index (χ0v) is 15.1. The van der Waals surface area contributed by atoms with Gasteiger partial charge in [0.25, 0.3) is 0 Å². The molecule has 0 bridgehead atoms. The fraction of sp³-hybridized carbons (Fsp3) is 1.00. The van der Waals surface area contributed by atoms with E-state index >= 15 is 0 Å². The van der Waals surface area contributed by atoms with Crippen LogP contribution in [0.15, 0.2) is 0 Å². The molecule has 0 amide bonds. The van der Waals surface area contributed by atoms with Crippen LogP contribution in [0.25, 0.3) is 0 Å². The summed E-state index contributed by atoms with van der Waals surface area (Å²) >= 11 is 0. The largest absolute Gasteiger partial charge is 0.396 e. The maximum absolute atomic E-state index is 9.74. The van der Waals surface area contributed by atoms with Crippen LogP contribution in [-0.4, -0.2) is 103 Å². The number of aliphatic hydroxyl groups excluding tert-OH is 1. The van der Waals surface area contributed by atoms with E-state index in [0.29, 0.717) is 33.0 Å². The standard InChI is InChI=1S/C16H36N2O4/c1-17(2)8-6-10-21-14-16(12-19,13-20-5)15-22-11-7-9-18(3)4/h19H,6-15H2,1-5H3. The molecule has 0 atom stereocenters. The molecule has 0 aromatic carbocycles. The summed E-state index contributed by atoms with van der Waals surface area (Å²) in [4.78, 5) is 4.26. The lowest BCUT2D eigenvalue weighted by Crippen LogP contribution is -2.40. The van der Waals surface area contributed by atoms with E-state index in [4.69, 9.17) is 14.2 Å². The Bertz CT molecular complexity index is 232. The number of aliphatic hydroxyl groups is 1. The van der Waals surface area contributed by atoms with Crippen molar-refractivity contribution in [3.05, 3.63) is 0 Å². The van der Waals surface area contributed by atoms with E-state index in [1.807, 2.05) is 28.2 Å². The van der Waals surface area contributed by atoms with Gasteiger partial charge in [-0.05, 0) is 54.1 Å². The molecule has 6 heteroatoms. The smallest absolute Gasteiger partial charge is 0.0635 e. The van der Waals surface area contributed by atoms with E-state index < -0.39 is 5.41 Å². The van der Waals surface area contributed by atoms with Gasteiger partial charge in [-0.15, -0.1) is 0 Å². The van der Waals surface area contributed by atoms with Gasteiger partial charge in [-0.25, -0.2) is 0 Å². The third-order valence-electron chi connectivity index (χ3n) is 3.39. The van der Waals surface area contributed by atoms with Crippen molar-refractivity contribution < 1.29 is 19.3 Å². The van der Waals surface area contributed by atoms with Gasteiger partial charge >= 0.3 is 0 Å². The van der Waals surface area contributed by atoms with Crippen LogP contribution in [0.4, 0.5) is 0 Å². The lowest BCUT2D eigenvalue weighted by molar-refractivity contribution is -0.0860. The Labute approximate surface area is 136 Å². The first-order valence-corrected chi connectivity index (χ1v) is 8.00. The van der Waals surface area contributed by atoms with E-state index in [-0.39, 0.29) is 6.61 Å². The first-order valence-electron chi connectivity index (χ1n) is 8.00. The van der Waals surface area contributed by atoms with E-state index in [1.165, 1.54) is 0 Å². The van der Waals surface area contributed by atoms with Gasteiger partial charge in [0.05, 0.1) is 31.8 Å². The van der Waals surface area contributed by atoms with Gasteiger partial charge in [0.15, 0.2) is 0 Å². The van der Waals surface area contributed by atoms with Crippen molar-refractivity contribution in [1.82, 2.24) is 9.80 Å². The number of ether oxygens (including phenoxy) is 3. The summed E-state index contributed by atoms with van der Waals surface area (Å²) in [5.74, 6) is 0. The Kier molecular flexibility index (Phi) is 13.1. The van der Waals surface area contributed by atoms with Gasteiger partial charge in [0.1, 0.15) is 0 Å². The molecule has 134 valence electrons. The van der Waals surface area contributed by atoms with Crippen molar-refractivity contribution in [1.29, 1.82) is 0 Å². The van der Waals surface area contributed by atoms with E-state index in [9.17, 15) is 5.11 Å². The quantitative estimate of drug-likeness (QED) is 0.445. The molecular weight excluding hydrogens is 284 g/mol. The summed E-state index contributed by atoms with van der Waals surface area (Å²) in [5, 5.41) is 9.74. The molecule has 0 fully saturated rings.